The van der Waals surface area contributed by atoms with E-state index in [9.17, 15) is 4.79 Å². The fourth-order valence-corrected chi connectivity index (χ4v) is 1.60. The van der Waals surface area contributed by atoms with E-state index in [-0.39, 0.29) is 5.78 Å². The second-order valence-electron chi connectivity index (χ2n) is 3.97. The fraction of sp³-hybridized carbons (Fsp3) is 0.133. The second-order valence-corrected chi connectivity index (χ2v) is 3.97. The first-order chi connectivity index (χ1) is 8.70. The monoisotopic (exact) mass is 242 g/mol. The van der Waals surface area contributed by atoms with Crippen LogP contribution in [0.2, 0.25) is 0 Å². The van der Waals surface area contributed by atoms with Crippen LogP contribution in [0.15, 0.2) is 48.5 Å². The van der Waals surface area contributed by atoms with Crippen molar-refractivity contribution in [3.05, 3.63) is 59.7 Å². The van der Waals surface area contributed by atoms with Crippen molar-refractivity contribution in [2.45, 2.75) is 6.92 Å². The zero-order chi connectivity index (χ0) is 13.0. The summed E-state index contributed by atoms with van der Waals surface area (Å²) in [6.45, 7) is 1.50. The molecule has 0 aliphatic rings. The first-order valence-electron chi connectivity index (χ1n) is 5.68. The Morgan fingerprint density at radius 3 is 2.39 bits per heavy atom. The molecule has 0 bridgehead atoms. The van der Waals surface area contributed by atoms with Crippen LogP contribution in [0.25, 0.3) is 0 Å². The highest BCUT2D eigenvalue weighted by Crippen LogP contribution is 2.24. The number of para-hydroxylation sites is 1. The van der Waals surface area contributed by atoms with E-state index < -0.39 is 6.61 Å². The third-order valence-electron chi connectivity index (χ3n) is 2.64. The number of hydrogen-bond acceptors (Lipinski definition) is 3. The molecule has 2 aromatic rings. The largest absolute Gasteiger partial charge is 0.457 e. The molecule has 3 heteroatoms. The lowest BCUT2D eigenvalue weighted by molar-refractivity contribution is 0.0903. The minimum atomic E-state index is -0.474. The molecular weight excluding hydrogens is 228 g/mol. The number of benzene rings is 2. The molecule has 0 heterocycles. The summed E-state index contributed by atoms with van der Waals surface area (Å²) in [4.78, 5) is 11.2. The number of aliphatic hydroxyl groups excluding tert-OH is 1. The van der Waals surface area contributed by atoms with E-state index in [4.69, 9.17) is 9.84 Å². The van der Waals surface area contributed by atoms with E-state index in [1.54, 1.807) is 24.3 Å². The molecule has 0 aliphatic heterocycles. The third-order valence-corrected chi connectivity index (χ3v) is 2.64. The average Bonchev–Trinajstić information content (AvgIpc) is 2.41. The average molecular weight is 242 g/mol. The number of aliphatic hydroxyl groups is 1. The number of rotatable bonds is 4. The standard InChI is InChI=1S/C15H14O3/c1-11-4-2-3-5-15(11)18-13-8-6-12(7-9-13)14(17)10-16/h2-9,16H,10H2,1H3. The van der Waals surface area contributed by atoms with Crippen molar-refractivity contribution in [3.8, 4) is 11.5 Å². The lowest BCUT2D eigenvalue weighted by Crippen LogP contribution is -2.03. The SMILES string of the molecule is Cc1ccccc1Oc1ccc(C(=O)CO)cc1. The summed E-state index contributed by atoms with van der Waals surface area (Å²) in [6.07, 6.45) is 0. The van der Waals surface area contributed by atoms with E-state index in [1.807, 2.05) is 31.2 Å². The molecule has 0 aliphatic carbocycles. The molecule has 92 valence electrons. The highest BCUT2D eigenvalue weighted by atomic mass is 16.5. The Labute approximate surface area is 106 Å². The Morgan fingerprint density at radius 2 is 1.78 bits per heavy atom. The molecule has 0 unspecified atom stereocenters. The molecule has 0 saturated heterocycles. The summed E-state index contributed by atoms with van der Waals surface area (Å²) in [5, 5.41) is 8.75. The summed E-state index contributed by atoms with van der Waals surface area (Å²) in [5.41, 5.74) is 1.53. The number of ketones is 1. The van der Waals surface area contributed by atoms with Crippen LogP contribution in [0.1, 0.15) is 15.9 Å². The fourth-order valence-electron chi connectivity index (χ4n) is 1.60. The summed E-state index contributed by atoms with van der Waals surface area (Å²) in [7, 11) is 0. The van der Waals surface area contributed by atoms with Crippen LogP contribution in [-0.4, -0.2) is 17.5 Å². The van der Waals surface area contributed by atoms with Crippen molar-refractivity contribution >= 4 is 5.78 Å². The smallest absolute Gasteiger partial charge is 0.188 e. The minimum absolute atomic E-state index is 0.294. The van der Waals surface area contributed by atoms with Gasteiger partial charge in [-0.25, -0.2) is 0 Å². The van der Waals surface area contributed by atoms with Gasteiger partial charge in [0.25, 0.3) is 0 Å². The van der Waals surface area contributed by atoms with Crippen LogP contribution in [0.5, 0.6) is 11.5 Å². The maximum Gasteiger partial charge on any atom is 0.188 e. The van der Waals surface area contributed by atoms with Gasteiger partial charge in [-0.05, 0) is 42.8 Å². The quantitative estimate of drug-likeness (QED) is 0.838. The second kappa shape index (κ2) is 5.47. The molecule has 0 amide bonds. The molecule has 2 aromatic carbocycles. The van der Waals surface area contributed by atoms with Crippen LogP contribution in [0, 0.1) is 6.92 Å². The summed E-state index contributed by atoms with van der Waals surface area (Å²) >= 11 is 0. The van der Waals surface area contributed by atoms with Crippen molar-refractivity contribution in [2.24, 2.45) is 0 Å². The van der Waals surface area contributed by atoms with Crippen LogP contribution in [0.4, 0.5) is 0 Å². The normalized spacial score (nSPS) is 10.1. The van der Waals surface area contributed by atoms with Gasteiger partial charge in [-0.15, -0.1) is 0 Å². The van der Waals surface area contributed by atoms with Crippen molar-refractivity contribution in [1.82, 2.24) is 0 Å². The van der Waals surface area contributed by atoms with Gasteiger partial charge in [-0.3, -0.25) is 4.79 Å². The maximum absolute atomic E-state index is 11.2. The van der Waals surface area contributed by atoms with Gasteiger partial charge in [-0.2, -0.15) is 0 Å². The Balaban J connectivity index is 2.16. The van der Waals surface area contributed by atoms with E-state index in [0.717, 1.165) is 11.3 Å². The first-order valence-corrected chi connectivity index (χ1v) is 5.68. The number of aryl methyl sites for hydroxylation is 1. The Hall–Kier alpha value is -2.13. The van der Waals surface area contributed by atoms with Crippen molar-refractivity contribution < 1.29 is 14.6 Å². The molecule has 18 heavy (non-hydrogen) atoms. The van der Waals surface area contributed by atoms with Gasteiger partial charge in [0.2, 0.25) is 0 Å². The number of carbonyl (C=O) groups is 1. The van der Waals surface area contributed by atoms with Crippen molar-refractivity contribution in [2.75, 3.05) is 6.61 Å². The molecular formula is C15H14O3. The third kappa shape index (κ3) is 2.76. The molecule has 1 N–H and O–H groups in total. The zero-order valence-electron chi connectivity index (χ0n) is 10.1. The van der Waals surface area contributed by atoms with E-state index in [1.165, 1.54) is 0 Å². The minimum Gasteiger partial charge on any atom is -0.457 e. The summed E-state index contributed by atoms with van der Waals surface area (Å²) < 4.78 is 5.70. The summed E-state index contributed by atoms with van der Waals surface area (Å²) in [5.74, 6) is 1.16. The summed E-state index contributed by atoms with van der Waals surface area (Å²) in [6, 6.07) is 14.4. The maximum atomic E-state index is 11.2. The predicted molar refractivity (Wildman–Crippen MR) is 69.1 cm³/mol. The highest BCUT2D eigenvalue weighted by molar-refractivity contribution is 5.96. The van der Waals surface area contributed by atoms with Gasteiger partial charge in [0.15, 0.2) is 5.78 Å². The van der Waals surface area contributed by atoms with Gasteiger partial charge in [0.1, 0.15) is 18.1 Å². The molecule has 2 rings (SSSR count). The van der Waals surface area contributed by atoms with Crippen LogP contribution >= 0.6 is 0 Å². The number of hydrogen-bond donors (Lipinski definition) is 1. The Bertz CT molecular complexity index is 544. The number of Topliss-reactive ketones (excluding diaryl/α,β-unsaturated/α-hetero) is 1. The van der Waals surface area contributed by atoms with Crippen molar-refractivity contribution in [1.29, 1.82) is 0 Å². The Morgan fingerprint density at radius 1 is 1.11 bits per heavy atom. The molecule has 0 atom stereocenters. The van der Waals surface area contributed by atoms with Gasteiger partial charge in [0, 0.05) is 5.56 Å². The highest BCUT2D eigenvalue weighted by Gasteiger charge is 2.05. The van der Waals surface area contributed by atoms with Crippen LogP contribution in [0.3, 0.4) is 0 Å². The van der Waals surface area contributed by atoms with E-state index in [0.29, 0.717) is 11.3 Å². The zero-order valence-corrected chi connectivity index (χ0v) is 10.1. The van der Waals surface area contributed by atoms with Crippen LogP contribution < -0.4 is 4.74 Å². The molecule has 0 radical (unpaired) electrons. The lowest BCUT2D eigenvalue weighted by atomic mass is 10.1. The van der Waals surface area contributed by atoms with Gasteiger partial charge in [0.05, 0.1) is 0 Å². The van der Waals surface area contributed by atoms with Crippen LogP contribution in [-0.2, 0) is 0 Å². The molecule has 0 spiro atoms. The molecule has 0 fully saturated rings. The van der Waals surface area contributed by atoms with E-state index >= 15 is 0 Å². The predicted octanol–water partition coefficient (Wildman–Crippen LogP) is 2.96. The first kappa shape index (κ1) is 12.3. The van der Waals surface area contributed by atoms with Gasteiger partial charge in [-0.1, -0.05) is 18.2 Å². The van der Waals surface area contributed by atoms with Gasteiger partial charge < -0.3 is 9.84 Å². The lowest BCUT2D eigenvalue weighted by Gasteiger charge is -2.08. The van der Waals surface area contributed by atoms with E-state index in [2.05, 4.69) is 0 Å². The van der Waals surface area contributed by atoms with Gasteiger partial charge >= 0.3 is 0 Å². The van der Waals surface area contributed by atoms with Crippen molar-refractivity contribution in [3.63, 3.8) is 0 Å². The number of ether oxygens (including phenoxy) is 1. The topological polar surface area (TPSA) is 46.5 Å². The Kier molecular flexibility index (Phi) is 3.75. The number of carbonyl (C=O) groups excluding carboxylic acids is 1. The molecule has 3 nitrogen and oxygen atoms in total. The molecule has 0 aromatic heterocycles. The molecule has 0 saturated carbocycles.